The van der Waals surface area contributed by atoms with Gasteiger partial charge in [0.15, 0.2) is 5.11 Å². The molecule has 2 aromatic rings. The third-order valence-corrected chi connectivity index (χ3v) is 4.58. The lowest BCUT2D eigenvalue weighted by molar-refractivity contribution is 0.0968. The molecule has 0 bridgehead atoms. The molecule has 1 aromatic carbocycles. The lowest BCUT2D eigenvalue weighted by Crippen LogP contribution is -2.38. The first kappa shape index (κ1) is 18.9. The van der Waals surface area contributed by atoms with Crippen molar-refractivity contribution in [3.63, 3.8) is 0 Å². The van der Waals surface area contributed by atoms with Crippen molar-refractivity contribution in [2.24, 2.45) is 0 Å². The molecule has 2 N–H and O–H groups in total. The highest BCUT2D eigenvalue weighted by Crippen LogP contribution is 2.23. The fraction of sp³-hybridized carbons (Fsp3) is 0.250. The van der Waals surface area contributed by atoms with Gasteiger partial charge in [-0.3, -0.25) is 10.1 Å². The Labute approximate surface area is 158 Å². The third kappa shape index (κ3) is 5.86. The van der Waals surface area contributed by atoms with E-state index in [9.17, 15) is 4.79 Å². The number of thiocarbonyl (C=S) groups is 1. The SMILES string of the molecule is COCCOc1ccc(Br)cc1C(=O)NC(=S)NCc1cccs1. The topological polar surface area (TPSA) is 59.6 Å². The summed E-state index contributed by atoms with van der Waals surface area (Å²) in [7, 11) is 1.59. The van der Waals surface area contributed by atoms with E-state index in [-0.39, 0.29) is 11.0 Å². The number of carbonyl (C=O) groups is 1. The average Bonchev–Trinajstić information content (AvgIpc) is 3.08. The van der Waals surface area contributed by atoms with Gasteiger partial charge in [0.25, 0.3) is 5.91 Å². The van der Waals surface area contributed by atoms with Crippen LogP contribution in [0.5, 0.6) is 5.75 Å². The maximum absolute atomic E-state index is 12.5. The Kier molecular flexibility index (Phi) is 7.64. The molecule has 0 unspecified atom stereocenters. The number of rotatable bonds is 7. The minimum atomic E-state index is -0.326. The second kappa shape index (κ2) is 9.73. The number of thiophene rings is 1. The van der Waals surface area contributed by atoms with Crippen LogP contribution in [-0.2, 0) is 11.3 Å². The van der Waals surface area contributed by atoms with Gasteiger partial charge in [0.05, 0.1) is 18.7 Å². The van der Waals surface area contributed by atoms with Crippen molar-refractivity contribution in [2.75, 3.05) is 20.3 Å². The maximum atomic E-state index is 12.5. The summed E-state index contributed by atoms with van der Waals surface area (Å²) in [6, 6.07) is 9.20. The molecule has 1 heterocycles. The smallest absolute Gasteiger partial charge is 0.261 e. The van der Waals surface area contributed by atoms with Crippen LogP contribution in [0.1, 0.15) is 15.2 Å². The second-order valence-corrected chi connectivity index (χ2v) is 7.05. The van der Waals surface area contributed by atoms with E-state index in [0.717, 1.165) is 9.35 Å². The van der Waals surface area contributed by atoms with Crippen molar-refractivity contribution in [2.45, 2.75) is 6.54 Å². The average molecular weight is 429 g/mol. The molecule has 128 valence electrons. The number of hydrogen-bond acceptors (Lipinski definition) is 5. The van der Waals surface area contributed by atoms with E-state index >= 15 is 0 Å². The number of amides is 1. The molecule has 0 atom stereocenters. The number of halogens is 1. The minimum Gasteiger partial charge on any atom is -0.490 e. The molecule has 2 rings (SSSR count). The summed E-state index contributed by atoms with van der Waals surface area (Å²) in [5, 5.41) is 7.94. The molecule has 0 aliphatic heterocycles. The van der Waals surface area contributed by atoms with E-state index < -0.39 is 0 Å². The van der Waals surface area contributed by atoms with Gasteiger partial charge in [-0.15, -0.1) is 11.3 Å². The van der Waals surface area contributed by atoms with Crippen molar-refractivity contribution in [3.8, 4) is 5.75 Å². The van der Waals surface area contributed by atoms with E-state index in [4.69, 9.17) is 21.7 Å². The molecular formula is C16H17BrN2O3S2. The molecule has 0 radical (unpaired) electrons. The van der Waals surface area contributed by atoms with Crippen LogP contribution in [-0.4, -0.2) is 31.3 Å². The van der Waals surface area contributed by atoms with Crippen LogP contribution in [0.4, 0.5) is 0 Å². The Hall–Kier alpha value is -1.48. The van der Waals surface area contributed by atoms with Gasteiger partial charge in [-0.2, -0.15) is 0 Å². The highest BCUT2D eigenvalue weighted by Gasteiger charge is 2.15. The summed E-state index contributed by atoms with van der Waals surface area (Å²) in [6.07, 6.45) is 0. The summed E-state index contributed by atoms with van der Waals surface area (Å²) in [4.78, 5) is 13.6. The highest BCUT2D eigenvalue weighted by molar-refractivity contribution is 9.10. The molecule has 0 saturated heterocycles. The summed E-state index contributed by atoms with van der Waals surface area (Å²) in [6.45, 7) is 1.38. The lowest BCUT2D eigenvalue weighted by atomic mass is 10.2. The number of nitrogens with one attached hydrogen (secondary N) is 2. The van der Waals surface area contributed by atoms with Crippen LogP contribution in [0.3, 0.4) is 0 Å². The third-order valence-electron chi connectivity index (χ3n) is 2.96. The van der Waals surface area contributed by atoms with Gasteiger partial charge in [-0.05, 0) is 41.9 Å². The minimum absolute atomic E-state index is 0.274. The first-order chi connectivity index (χ1) is 11.6. The number of methoxy groups -OCH3 is 1. The zero-order valence-electron chi connectivity index (χ0n) is 13.0. The van der Waals surface area contributed by atoms with Crippen molar-refractivity contribution in [1.82, 2.24) is 10.6 Å². The lowest BCUT2D eigenvalue weighted by Gasteiger charge is -2.13. The highest BCUT2D eigenvalue weighted by atomic mass is 79.9. The molecule has 0 saturated carbocycles. The van der Waals surface area contributed by atoms with E-state index in [2.05, 4.69) is 26.6 Å². The largest absolute Gasteiger partial charge is 0.490 e. The molecule has 1 amide bonds. The van der Waals surface area contributed by atoms with Crippen molar-refractivity contribution in [3.05, 3.63) is 50.6 Å². The zero-order valence-corrected chi connectivity index (χ0v) is 16.2. The Morgan fingerprint density at radius 2 is 2.17 bits per heavy atom. The summed E-state index contributed by atoms with van der Waals surface area (Å²) in [5.41, 5.74) is 0.403. The van der Waals surface area contributed by atoms with Crippen LogP contribution in [0.2, 0.25) is 0 Å². The van der Waals surface area contributed by atoms with Gasteiger partial charge < -0.3 is 14.8 Å². The molecule has 5 nitrogen and oxygen atoms in total. The maximum Gasteiger partial charge on any atom is 0.261 e. The van der Waals surface area contributed by atoms with Crippen molar-refractivity contribution >= 4 is 50.5 Å². The quantitative estimate of drug-likeness (QED) is 0.522. The first-order valence-electron chi connectivity index (χ1n) is 7.13. The molecule has 24 heavy (non-hydrogen) atoms. The molecule has 1 aromatic heterocycles. The first-order valence-corrected chi connectivity index (χ1v) is 9.21. The van der Waals surface area contributed by atoms with E-state index in [1.165, 1.54) is 0 Å². The Morgan fingerprint density at radius 3 is 2.88 bits per heavy atom. The van der Waals surface area contributed by atoms with Gasteiger partial charge in [-0.25, -0.2) is 0 Å². The molecule has 8 heteroatoms. The predicted molar refractivity (Wildman–Crippen MR) is 103 cm³/mol. The van der Waals surface area contributed by atoms with Crippen LogP contribution < -0.4 is 15.4 Å². The second-order valence-electron chi connectivity index (χ2n) is 4.70. The zero-order chi connectivity index (χ0) is 17.4. The van der Waals surface area contributed by atoms with Crippen LogP contribution in [0.25, 0.3) is 0 Å². The van der Waals surface area contributed by atoms with Gasteiger partial charge >= 0.3 is 0 Å². The van der Waals surface area contributed by atoms with E-state index in [0.29, 0.717) is 31.1 Å². The predicted octanol–water partition coefficient (Wildman–Crippen LogP) is 3.34. The van der Waals surface area contributed by atoms with Crippen LogP contribution >= 0.6 is 39.5 Å². The number of carbonyl (C=O) groups excluding carboxylic acids is 1. The standard InChI is InChI=1S/C16H17BrN2O3S2/c1-21-6-7-22-14-5-4-11(17)9-13(14)15(20)19-16(23)18-10-12-3-2-8-24-12/h2-5,8-9H,6-7,10H2,1H3,(H2,18,19,20,23). The number of hydrogen-bond donors (Lipinski definition) is 2. The molecule has 0 aliphatic rings. The normalized spacial score (nSPS) is 10.2. The van der Waals surface area contributed by atoms with Gasteiger partial charge in [0, 0.05) is 16.5 Å². The van der Waals surface area contributed by atoms with Gasteiger partial charge in [0.2, 0.25) is 0 Å². The Bertz CT molecular complexity index is 693. The summed E-state index contributed by atoms with van der Waals surface area (Å²) >= 11 is 10.2. The fourth-order valence-corrected chi connectivity index (χ4v) is 3.01. The van der Waals surface area contributed by atoms with Crippen LogP contribution in [0, 0.1) is 0 Å². The number of benzene rings is 1. The Balaban J connectivity index is 1.97. The van der Waals surface area contributed by atoms with Crippen molar-refractivity contribution in [1.29, 1.82) is 0 Å². The molecule has 0 fully saturated rings. The monoisotopic (exact) mass is 428 g/mol. The van der Waals surface area contributed by atoms with E-state index in [1.807, 2.05) is 23.6 Å². The Morgan fingerprint density at radius 1 is 1.33 bits per heavy atom. The summed E-state index contributed by atoms with van der Waals surface area (Å²) in [5.74, 6) is 0.154. The molecule has 0 aliphatic carbocycles. The molecular weight excluding hydrogens is 412 g/mol. The van der Waals surface area contributed by atoms with Crippen molar-refractivity contribution < 1.29 is 14.3 Å². The van der Waals surface area contributed by atoms with E-state index in [1.54, 1.807) is 30.6 Å². The number of ether oxygens (including phenoxy) is 2. The summed E-state index contributed by atoms with van der Waals surface area (Å²) < 4.78 is 11.3. The van der Waals surface area contributed by atoms with Crippen LogP contribution in [0.15, 0.2) is 40.2 Å². The van der Waals surface area contributed by atoms with Gasteiger partial charge in [0.1, 0.15) is 12.4 Å². The van der Waals surface area contributed by atoms with Gasteiger partial charge in [-0.1, -0.05) is 22.0 Å². The molecule has 0 spiro atoms. The fourth-order valence-electron chi connectivity index (χ4n) is 1.84.